The predicted octanol–water partition coefficient (Wildman–Crippen LogP) is 7.03. The molecule has 0 aromatic heterocycles. The second kappa shape index (κ2) is 18.7. The zero-order valence-electron chi connectivity index (χ0n) is 11.4. The van der Waals surface area contributed by atoms with Gasteiger partial charge in [0.2, 0.25) is 0 Å². The van der Waals surface area contributed by atoms with Crippen LogP contribution in [0.1, 0.15) is 71.1 Å². The topological polar surface area (TPSA) is 26.0 Å². The molecule has 0 aliphatic rings. The Hall–Kier alpha value is 3.68. The molecule has 18 heavy (non-hydrogen) atoms. The summed E-state index contributed by atoms with van der Waals surface area (Å²) >= 11 is 10.2. The van der Waals surface area contributed by atoms with Crippen molar-refractivity contribution in [2.45, 2.75) is 71.1 Å². The molecule has 0 amide bonds. The fourth-order valence-corrected chi connectivity index (χ4v) is 1.63. The Balaban J connectivity index is 0. The molecule has 0 aromatic rings. The molecule has 2 N–H and O–H groups in total. The molecule has 0 rings (SSSR count). The number of halogens is 4. The summed E-state index contributed by atoms with van der Waals surface area (Å²) in [5.41, 5.74) is 5.42. The molecule has 0 radical (unpaired) electrons. The summed E-state index contributed by atoms with van der Waals surface area (Å²) in [4.78, 5) is 0. The fraction of sp³-hybridized carbons (Fsp3) is 1.00. The molecule has 0 saturated carbocycles. The van der Waals surface area contributed by atoms with Gasteiger partial charge in [-0.2, -0.15) is 0 Å². The number of unbranched alkanes of at least 4 members (excludes halogenated alkanes) is 9. The van der Waals surface area contributed by atoms with Gasteiger partial charge in [-0.25, -0.2) is 0 Å². The van der Waals surface area contributed by atoms with E-state index in [1.807, 2.05) is 0 Å². The van der Waals surface area contributed by atoms with Crippen LogP contribution in [0.15, 0.2) is 0 Å². The van der Waals surface area contributed by atoms with Crippen LogP contribution in [0.3, 0.4) is 0 Å². The molecule has 0 unspecified atom stereocenters. The summed E-state index contributed by atoms with van der Waals surface area (Å²) in [5, 5.41) is 0. The maximum absolute atomic E-state index is 5.42. The molecular weight excluding hydrogens is 784 g/mol. The summed E-state index contributed by atoms with van der Waals surface area (Å²) in [6.45, 7) is 3.14. The van der Waals surface area contributed by atoms with Crippen molar-refractivity contribution in [1.82, 2.24) is 0 Å². The molecule has 0 spiro atoms. The molecule has 0 bridgehead atoms. The first-order chi connectivity index (χ1) is 8.41. The van der Waals surface area contributed by atoms with Gasteiger partial charge in [-0.15, -0.1) is 0 Å². The van der Waals surface area contributed by atoms with Crippen molar-refractivity contribution in [2.75, 3.05) is 6.54 Å². The first-order valence-electron chi connectivity index (χ1n) is 6.87. The van der Waals surface area contributed by atoms with E-state index < -0.39 is 2.50 Å². The van der Waals surface area contributed by atoms with E-state index in [-0.39, 0.29) is 0 Å². The Labute approximate surface area is 157 Å². The van der Waals surface area contributed by atoms with Crippen molar-refractivity contribution in [2.24, 2.45) is 5.73 Å². The van der Waals surface area contributed by atoms with E-state index in [0.717, 1.165) is 6.54 Å². The van der Waals surface area contributed by atoms with Crippen molar-refractivity contribution in [3.63, 3.8) is 0 Å². The number of nitrogens with two attached hydrogens (primary N) is 1. The number of rotatable bonds is 10. The zero-order valence-corrected chi connectivity index (χ0v) is 22.9. The van der Waals surface area contributed by atoms with Crippen molar-refractivity contribution in [3.05, 3.63) is 0 Å². The number of hydrogen-bond donors (Lipinski definition) is 1. The number of hydrogen-bond acceptors (Lipinski definition) is 1. The van der Waals surface area contributed by atoms with Gasteiger partial charge in [0, 0.05) is 0 Å². The first-order valence-corrected chi connectivity index (χ1v) is 40.1. The van der Waals surface area contributed by atoms with Crippen LogP contribution in [0.2, 0.25) is 0 Å². The first kappa shape index (κ1) is 23.9. The van der Waals surface area contributed by atoms with Crippen molar-refractivity contribution in [3.8, 4) is 0 Å². The molecule has 6 heteroatoms. The maximum atomic E-state index is 5.42. The van der Waals surface area contributed by atoms with Crippen molar-refractivity contribution >= 4 is 77.0 Å². The minimum absolute atomic E-state index is 0.872. The van der Waals surface area contributed by atoms with E-state index in [9.17, 15) is 0 Å². The van der Waals surface area contributed by atoms with E-state index >= 15 is 0 Å². The molecule has 0 aromatic carbocycles. The second-order valence-electron chi connectivity index (χ2n) is 4.40. The van der Waals surface area contributed by atoms with Gasteiger partial charge in [-0.1, -0.05) is 64.7 Å². The van der Waals surface area contributed by atoms with E-state index in [4.69, 9.17) is 5.73 Å². The van der Waals surface area contributed by atoms with Crippen LogP contribution in [0.5, 0.6) is 0 Å². The molecule has 1 nitrogen and oxygen atoms in total. The van der Waals surface area contributed by atoms with E-state index in [0.29, 0.717) is 0 Å². The molecule has 0 atom stereocenters. The van der Waals surface area contributed by atoms with Gasteiger partial charge >= 0.3 is 77.0 Å². The summed E-state index contributed by atoms with van der Waals surface area (Å²) in [6, 6.07) is 0. The van der Waals surface area contributed by atoms with Gasteiger partial charge in [0.25, 0.3) is 0 Å². The summed E-state index contributed by atoms with van der Waals surface area (Å²) < 4.78 is -1.30. The van der Waals surface area contributed by atoms with Gasteiger partial charge in [0.1, 0.15) is 0 Å². The van der Waals surface area contributed by atoms with Gasteiger partial charge in [-0.05, 0) is 13.0 Å². The monoisotopic (exact) mass is 813 g/mol. The van der Waals surface area contributed by atoms with E-state index in [1.54, 1.807) is 0 Å². The van der Waals surface area contributed by atoms with Crippen LogP contribution in [0, 0.1) is 0 Å². The Morgan fingerprint density at radius 3 is 1.22 bits per heavy atom. The summed E-state index contributed by atoms with van der Waals surface area (Å²) in [6.07, 6.45) is 13.9. The molecule has 0 saturated heterocycles. The molecule has 0 heterocycles. The summed E-state index contributed by atoms with van der Waals surface area (Å²) in [7, 11) is 0. The van der Waals surface area contributed by atoms with Crippen LogP contribution in [0.4, 0.5) is 0 Å². The minimum atomic E-state index is -1.30. The van der Waals surface area contributed by atoms with Gasteiger partial charge in [0.05, 0.1) is 0 Å². The van der Waals surface area contributed by atoms with E-state index in [1.165, 1.54) is 64.2 Å². The van der Waals surface area contributed by atoms with Gasteiger partial charge in [-0.3, -0.25) is 0 Å². The quantitative estimate of drug-likeness (QED) is 0.143. The predicted molar refractivity (Wildman–Crippen MR) is 123 cm³/mol. The Morgan fingerprint density at radius 1 is 0.667 bits per heavy atom. The Bertz CT molecular complexity index is 138. The third-order valence-electron chi connectivity index (χ3n) is 2.56. The molecular formula is C12H27I4NSn. The molecule has 0 aliphatic heterocycles. The molecule has 0 fully saturated rings. The SMILES string of the molecule is CCCCCCCCCCCCN.[I][Sn]([I])([I])[I]. The van der Waals surface area contributed by atoms with Crippen molar-refractivity contribution < 1.29 is 0 Å². The molecule has 112 valence electrons. The van der Waals surface area contributed by atoms with Crippen LogP contribution in [-0.2, 0) is 0 Å². The van der Waals surface area contributed by atoms with Crippen LogP contribution in [-0.4, -0.2) is 9.05 Å². The normalized spacial score (nSPS) is 11.0. The standard InChI is InChI=1S/C12H27N.4HI.Sn/c1-2-3-4-5-6-7-8-9-10-11-12-13;;;;;/h2-13H2,1H3;4*1H;/q;;;;;+4/p-4. The fourth-order valence-electron chi connectivity index (χ4n) is 1.63. The Morgan fingerprint density at radius 2 is 0.944 bits per heavy atom. The second-order valence-corrected chi connectivity index (χ2v) is 133. The zero-order chi connectivity index (χ0) is 14.3. The van der Waals surface area contributed by atoms with Gasteiger partial charge in [0.15, 0.2) is 0 Å². The van der Waals surface area contributed by atoms with Crippen molar-refractivity contribution in [1.29, 1.82) is 0 Å². The van der Waals surface area contributed by atoms with Crippen LogP contribution >= 0.6 is 74.5 Å². The van der Waals surface area contributed by atoms with Crippen LogP contribution in [0.25, 0.3) is 0 Å². The summed E-state index contributed by atoms with van der Waals surface area (Å²) in [5.74, 6) is 0. The van der Waals surface area contributed by atoms with Gasteiger partial charge < -0.3 is 5.73 Å². The Kier molecular flexibility index (Phi) is 24.9. The third-order valence-corrected chi connectivity index (χ3v) is 2.56. The average molecular weight is 812 g/mol. The average Bonchev–Trinajstić information content (AvgIpc) is 2.25. The van der Waals surface area contributed by atoms with E-state index in [2.05, 4.69) is 81.5 Å². The molecule has 0 aliphatic carbocycles. The third kappa shape index (κ3) is 36.7. The van der Waals surface area contributed by atoms with Crippen LogP contribution < -0.4 is 5.73 Å².